The molecule has 13 nitrogen and oxygen atoms in total. The molecule has 0 saturated carbocycles. The van der Waals surface area contributed by atoms with Gasteiger partial charge in [0.2, 0.25) is 29.5 Å². The van der Waals surface area contributed by atoms with E-state index in [1.807, 2.05) is 90.9 Å². The molecule has 9 atom stereocenters. The topological polar surface area (TPSA) is 150 Å². The summed E-state index contributed by atoms with van der Waals surface area (Å²) in [6, 6.07) is 6.47. The molecule has 1 aromatic carbocycles. The molecule has 5 amide bonds. The third kappa shape index (κ3) is 13.0. The van der Waals surface area contributed by atoms with E-state index >= 15 is 0 Å². The standard InChI is InChI=1S/C43H70N6O7/c1-14-23-44-41(52)32(25-31-20-17-16-18-21-31)45-40(51)30(8)39(56-13)33-22-19-24-49(33)35(50)26-34(55-12)38(29(7)15-2)48(11)43(54)36(27(3)4)46-42(53)37(28(5)6)47(9)10/h1,16-18,20-21,27-30,32-34,36-39H,15,19,22-26H2,2-13H3,(H,44,52)(H,45,51)(H,46,53)/t29?,30-,32+,33+,34?,36+,37+,38+,39-/m1/s1. The molecular formula is C43H70N6O7. The van der Waals surface area contributed by atoms with E-state index in [0.717, 1.165) is 18.4 Å². The number of likely N-dealkylation sites (tertiary alicyclic amines) is 1. The zero-order valence-electron chi connectivity index (χ0n) is 36.0. The van der Waals surface area contributed by atoms with Crippen molar-refractivity contribution in [2.45, 2.75) is 123 Å². The minimum Gasteiger partial charge on any atom is -0.379 e. The Morgan fingerprint density at radius 3 is 2.07 bits per heavy atom. The summed E-state index contributed by atoms with van der Waals surface area (Å²) < 4.78 is 12.0. The van der Waals surface area contributed by atoms with Crippen LogP contribution in [0.1, 0.15) is 79.7 Å². The summed E-state index contributed by atoms with van der Waals surface area (Å²) in [4.78, 5) is 74.1. The number of methoxy groups -OCH3 is 2. The van der Waals surface area contributed by atoms with Crippen LogP contribution in [0.15, 0.2) is 30.3 Å². The summed E-state index contributed by atoms with van der Waals surface area (Å²) in [5, 5.41) is 8.62. The molecule has 0 bridgehead atoms. The Balaban J connectivity index is 2.30. The normalized spacial score (nSPS) is 18.6. The fourth-order valence-corrected chi connectivity index (χ4v) is 8.03. The van der Waals surface area contributed by atoms with E-state index in [9.17, 15) is 24.0 Å². The second-order valence-corrected chi connectivity index (χ2v) is 16.1. The van der Waals surface area contributed by atoms with Gasteiger partial charge in [-0.2, -0.15) is 0 Å². The number of hydrogen-bond donors (Lipinski definition) is 3. The number of carbonyl (C=O) groups is 5. The quantitative estimate of drug-likeness (QED) is 0.152. The van der Waals surface area contributed by atoms with E-state index in [2.05, 4.69) is 21.9 Å². The van der Waals surface area contributed by atoms with E-state index in [1.165, 1.54) is 7.11 Å². The Kier molecular flexibility index (Phi) is 20.0. The molecule has 1 heterocycles. The van der Waals surface area contributed by atoms with Gasteiger partial charge in [0, 0.05) is 34.2 Å². The van der Waals surface area contributed by atoms with Crippen molar-refractivity contribution >= 4 is 29.5 Å². The number of nitrogens with one attached hydrogen (secondary N) is 3. The van der Waals surface area contributed by atoms with Crippen LogP contribution < -0.4 is 16.0 Å². The van der Waals surface area contributed by atoms with E-state index in [1.54, 1.807) is 30.9 Å². The van der Waals surface area contributed by atoms with Crippen LogP contribution in [0.2, 0.25) is 0 Å². The lowest BCUT2D eigenvalue weighted by Gasteiger charge is -2.41. The second kappa shape index (κ2) is 23.3. The minimum absolute atomic E-state index is 0.000104. The molecular weight excluding hydrogens is 713 g/mol. The summed E-state index contributed by atoms with van der Waals surface area (Å²) in [6.07, 6.45) is 6.41. The molecule has 13 heteroatoms. The lowest BCUT2D eigenvalue weighted by Crippen LogP contribution is -2.59. The van der Waals surface area contributed by atoms with Gasteiger partial charge < -0.3 is 35.2 Å². The number of benzene rings is 1. The maximum atomic E-state index is 14.3. The predicted octanol–water partition coefficient (Wildman–Crippen LogP) is 3.11. The van der Waals surface area contributed by atoms with Gasteiger partial charge in [0.15, 0.2) is 0 Å². The number of carbonyl (C=O) groups excluding carboxylic acids is 5. The predicted molar refractivity (Wildman–Crippen MR) is 219 cm³/mol. The molecule has 1 aromatic rings. The molecule has 1 fully saturated rings. The van der Waals surface area contributed by atoms with Crippen molar-refractivity contribution in [2.24, 2.45) is 23.7 Å². The Labute approximate surface area is 336 Å². The Hall–Kier alpha value is -3.99. The molecule has 2 rings (SSSR count). The number of rotatable bonds is 22. The van der Waals surface area contributed by atoms with Gasteiger partial charge in [-0.3, -0.25) is 28.9 Å². The highest BCUT2D eigenvalue weighted by Crippen LogP contribution is 2.30. The zero-order chi connectivity index (χ0) is 42.3. The average molecular weight is 783 g/mol. The SMILES string of the molecule is C#CCNC(=O)[C@H](Cc1ccccc1)NC(=O)[C@H](C)[C@@H](OC)[C@@H]1CCCN1C(=O)CC(OC)[C@H](C(C)CC)N(C)C(=O)[C@@H](NC(=O)[C@H](C(C)C)N(C)C)C(C)C. The first-order chi connectivity index (χ1) is 26.4. The summed E-state index contributed by atoms with van der Waals surface area (Å²) in [7, 11) is 8.50. The van der Waals surface area contributed by atoms with Gasteiger partial charge in [-0.25, -0.2) is 0 Å². The van der Waals surface area contributed by atoms with Crippen LogP contribution in [0, 0.1) is 36.0 Å². The monoisotopic (exact) mass is 783 g/mol. The van der Waals surface area contributed by atoms with Crippen molar-refractivity contribution in [2.75, 3.05) is 48.5 Å². The van der Waals surface area contributed by atoms with Gasteiger partial charge in [0.25, 0.3) is 0 Å². The van der Waals surface area contributed by atoms with Gasteiger partial charge in [0.1, 0.15) is 12.1 Å². The smallest absolute Gasteiger partial charge is 0.245 e. The van der Waals surface area contributed by atoms with Gasteiger partial charge >= 0.3 is 0 Å². The maximum Gasteiger partial charge on any atom is 0.245 e. The molecule has 2 unspecified atom stereocenters. The van der Waals surface area contributed by atoms with Crippen molar-refractivity contribution in [3.05, 3.63) is 35.9 Å². The molecule has 3 N–H and O–H groups in total. The van der Waals surface area contributed by atoms with E-state index < -0.39 is 48.3 Å². The molecule has 0 aromatic heterocycles. The van der Waals surface area contributed by atoms with Gasteiger partial charge in [-0.15, -0.1) is 6.42 Å². The first kappa shape index (κ1) is 48.2. The molecule has 314 valence electrons. The highest BCUT2D eigenvalue weighted by atomic mass is 16.5. The van der Waals surface area contributed by atoms with Crippen molar-refractivity contribution in [3.8, 4) is 12.3 Å². The van der Waals surface area contributed by atoms with Crippen LogP contribution in [-0.2, 0) is 39.9 Å². The number of amides is 5. The number of likely N-dealkylation sites (N-methyl/N-ethyl adjacent to an activating group) is 2. The average Bonchev–Trinajstić information content (AvgIpc) is 3.64. The summed E-state index contributed by atoms with van der Waals surface area (Å²) in [6.45, 7) is 14.1. The third-order valence-electron chi connectivity index (χ3n) is 11.2. The zero-order valence-corrected chi connectivity index (χ0v) is 36.0. The molecule has 1 saturated heterocycles. The lowest BCUT2D eigenvalue weighted by molar-refractivity contribution is -0.148. The number of nitrogens with zero attached hydrogens (tertiary/aromatic N) is 3. The molecule has 0 aliphatic carbocycles. The molecule has 0 spiro atoms. The largest absolute Gasteiger partial charge is 0.379 e. The van der Waals surface area contributed by atoms with E-state index in [0.29, 0.717) is 13.0 Å². The van der Waals surface area contributed by atoms with Gasteiger partial charge in [0.05, 0.1) is 49.2 Å². The van der Waals surface area contributed by atoms with E-state index in [-0.39, 0.29) is 66.7 Å². The fourth-order valence-electron chi connectivity index (χ4n) is 8.03. The Morgan fingerprint density at radius 2 is 1.55 bits per heavy atom. The summed E-state index contributed by atoms with van der Waals surface area (Å²) in [5.74, 6) is 0.105. The number of hydrogen-bond acceptors (Lipinski definition) is 8. The minimum atomic E-state index is -0.868. The molecule has 1 aliphatic rings. The molecule has 0 radical (unpaired) electrons. The van der Waals surface area contributed by atoms with Crippen molar-refractivity contribution < 1.29 is 33.4 Å². The van der Waals surface area contributed by atoms with E-state index in [4.69, 9.17) is 15.9 Å². The number of ether oxygens (including phenoxy) is 2. The first-order valence-electron chi connectivity index (χ1n) is 20.1. The van der Waals surface area contributed by atoms with Crippen molar-refractivity contribution in [1.29, 1.82) is 0 Å². The van der Waals surface area contributed by atoms with Crippen LogP contribution in [0.3, 0.4) is 0 Å². The highest BCUT2D eigenvalue weighted by Gasteiger charge is 2.43. The van der Waals surface area contributed by atoms with Gasteiger partial charge in [-0.1, -0.05) is 91.1 Å². The van der Waals surface area contributed by atoms with Crippen LogP contribution in [0.5, 0.6) is 0 Å². The van der Waals surface area contributed by atoms with Crippen molar-refractivity contribution in [3.63, 3.8) is 0 Å². The summed E-state index contributed by atoms with van der Waals surface area (Å²) in [5.41, 5.74) is 0.876. The Bertz CT molecular complexity index is 1460. The second-order valence-electron chi connectivity index (χ2n) is 16.1. The van der Waals surface area contributed by atoms with Crippen LogP contribution in [0.25, 0.3) is 0 Å². The maximum absolute atomic E-state index is 14.3. The molecule has 1 aliphatic heterocycles. The Morgan fingerprint density at radius 1 is 0.911 bits per heavy atom. The summed E-state index contributed by atoms with van der Waals surface area (Å²) >= 11 is 0. The third-order valence-corrected chi connectivity index (χ3v) is 11.2. The van der Waals surface area contributed by atoms with Crippen LogP contribution >= 0.6 is 0 Å². The fraction of sp³-hybridized carbons (Fsp3) is 0.698. The van der Waals surface area contributed by atoms with Crippen molar-refractivity contribution in [1.82, 2.24) is 30.7 Å². The molecule has 56 heavy (non-hydrogen) atoms. The van der Waals surface area contributed by atoms with Gasteiger partial charge in [-0.05, 0) is 50.3 Å². The first-order valence-corrected chi connectivity index (χ1v) is 20.1. The van der Waals surface area contributed by atoms with Crippen LogP contribution in [0.4, 0.5) is 0 Å². The number of terminal acetylenes is 1. The lowest BCUT2D eigenvalue weighted by atomic mass is 9.89. The highest BCUT2D eigenvalue weighted by molar-refractivity contribution is 5.90. The van der Waals surface area contributed by atoms with Crippen LogP contribution in [-0.4, -0.2) is 135 Å².